The molecule has 0 unspecified atom stereocenters. The maximum absolute atomic E-state index is 11.2. The molecule has 0 aliphatic carbocycles. The highest BCUT2D eigenvalue weighted by atomic mass is 16.5. The van der Waals surface area contributed by atoms with E-state index in [0.29, 0.717) is 26.1 Å². The average molecular weight is 216 g/mol. The summed E-state index contributed by atoms with van der Waals surface area (Å²) in [5.74, 6) is -0.141. The van der Waals surface area contributed by atoms with Gasteiger partial charge >= 0.3 is 0 Å². The fraction of sp³-hybridized carbons (Fsp3) is 0.800. The van der Waals surface area contributed by atoms with E-state index in [2.05, 4.69) is 10.6 Å². The number of methoxy groups -OCH3 is 1. The Kier molecular flexibility index (Phi) is 7.62. The molecule has 0 aliphatic rings. The van der Waals surface area contributed by atoms with Gasteiger partial charge in [0.1, 0.15) is 0 Å². The zero-order chi connectivity index (χ0) is 11.7. The second kappa shape index (κ2) is 8.23. The molecular weight excluding hydrogens is 196 g/mol. The molecule has 0 fully saturated rings. The molecule has 0 radical (unpaired) electrons. The van der Waals surface area contributed by atoms with Crippen molar-refractivity contribution in [3.05, 3.63) is 0 Å². The zero-order valence-electron chi connectivity index (χ0n) is 9.63. The molecule has 0 aromatic carbocycles. The molecule has 0 heterocycles. The summed E-state index contributed by atoms with van der Waals surface area (Å²) in [5.41, 5.74) is 0. The van der Waals surface area contributed by atoms with Gasteiger partial charge in [-0.15, -0.1) is 0 Å². The van der Waals surface area contributed by atoms with Crippen molar-refractivity contribution in [2.24, 2.45) is 5.92 Å². The Morgan fingerprint density at radius 2 is 1.87 bits per heavy atom. The monoisotopic (exact) mass is 216 g/mol. The van der Waals surface area contributed by atoms with Crippen LogP contribution in [0, 0.1) is 5.92 Å². The second-order valence-electron chi connectivity index (χ2n) is 3.54. The van der Waals surface area contributed by atoms with Crippen molar-refractivity contribution in [2.45, 2.75) is 20.3 Å². The number of carbonyl (C=O) groups excluding carboxylic acids is 2. The first-order chi connectivity index (χ1) is 7.07. The van der Waals surface area contributed by atoms with Gasteiger partial charge < -0.3 is 15.4 Å². The molecule has 5 nitrogen and oxygen atoms in total. The van der Waals surface area contributed by atoms with Gasteiger partial charge in [-0.05, 0) is 0 Å². The van der Waals surface area contributed by atoms with Crippen molar-refractivity contribution < 1.29 is 14.3 Å². The molecule has 0 aliphatic heterocycles. The average Bonchev–Trinajstić information content (AvgIpc) is 2.18. The van der Waals surface area contributed by atoms with E-state index in [-0.39, 0.29) is 17.7 Å². The topological polar surface area (TPSA) is 67.4 Å². The number of rotatable bonds is 7. The van der Waals surface area contributed by atoms with Crippen LogP contribution in [0.2, 0.25) is 0 Å². The summed E-state index contributed by atoms with van der Waals surface area (Å²) in [4.78, 5) is 22.3. The Bertz CT molecular complexity index is 205. The maximum atomic E-state index is 11.2. The Morgan fingerprint density at radius 3 is 2.40 bits per heavy atom. The third kappa shape index (κ3) is 7.93. The number of nitrogens with one attached hydrogen (secondary N) is 2. The summed E-state index contributed by atoms with van der Waals surface area (Å²) in [6, 6.07) is 0. The van der Waals surface area contributed by atoms with Crippen LogP contribution in [-0.2, 0) is 14.3 Å². The molecule has 0 bridgehead atoms. The minimum atomic E-state index is -0.0730. The van der Waals surface area contributed by atoms with Crippen LogP contribution in [0.15, 0.2) is 0 Å². The molecule has 2 amide bonds. The summed E-state index contributed by atoms with van der Waals surface area (Å²) < 4.78 is 4.78. The number of amides is 2. The first-order valence-electron chi connectivity index (χ1n) is 5.11. The zero-order valence-corrected chi connectivity index (χ0v) is 9.63. The first kappa shape index (κ1) is 13.9. The standard InChI is InChI=1S/C10H20N2O3/c1-8(2)10(14)12-5-4-9(13)11-6-7-15-3/h8H,4-7H2,1-3H3,(H,11,13)(H,12,14). The van der Waals surface area contributed by atoms with Crippen LogP contribution in [0.25, 0.3) is 0 Å². The lowest BCUT2D eigenvalue weighted by Crippen LogP contribution is -2.33. The third-order valence-corrected chi connectivity index (χ3v) is 1.80. The normalized spacial score (nSPS) is 10.1. The Labute approximate surface area is 90.6 Å². The van der Waals surface area contributed by atoms with E-state index < -0.39 is 0 Å². The molecule has 0 aromatic heterocycles. The fourth-order valence-electron chi connectivity index (χ4n) is 0.884. The van der Waals surface area contributed by atoms with Gasteiger partial charge in [0.15, 0.2) is 0 Å². The van der Waals surface area contributed by atoms with Crippen molar-refractivity contribution in [1.82, 2.24) is 10.6 Å². The second-order valence-corrected chi connectivity index (χ2v) is 3.54. The van der Waals surface area contributed by atoms with Gasteiger partial charge in [0, 0.05) is 32.5 Å². The molecular formula is C10H20N2O3. The van der Waals surface area contributed by atoms with E-state index in [4.69, 9.17) is 4.74 Å². The number of ether oxygens (including phenoxy) is 1. The van der Waals surface area contributed by atoms with E-state index in [1.54, 1.807) is 7.11 Å². The van der Waals surface area contributed by atoms with Crippen molar-refractivity contribution >= 4 is 11.8 Å². The van der Waals surface area contributed by atoms with Crippen molar-refractivity contribution in [3.63, 3.8) is 0 Å². The highest BCUT2D eigenvalue weighted by Gasteiger charge is 2.06. The lowest BCUT2D eigenvalue weighted by molar-refractivity contribution is -0.124. The summed E-state index contributed by atoms with van der Waals surface area (Å²) in [5, 5.41) is 5.34. The van der Waals surface area contributed by atoms with Gasteiger partial charge in [-0.25, -0.2) is 0 Å². The van der Waals surface area contributed by atoms with Crippen LogP contribution < -0.4 is 10.6 Å². The molecule has 15 heavy (non-hydrogen) atoms. The van der Waals surface area contributed by atoms with Gasteiger partial charge in [0.05, 0.1) is 6.61 Å². The lowest BCUT2D eigenvalue weighted by Gasteiger charge is -2.07. The highest BCUT2D eigenvalue weighted by molar-refractivity contribution is 5.79. The third-order valence-electron chi connectivity index (χ3n) is 1.80. The van der Waals surface area contributed by atoms with Gasteiger partial charge in [0.25, 0.3) is 0 Å². The van der Waals surface area contributed by atoms with Crippen LogP contribution in [0.1, 0.15) is 20.3 Å². The quantitative estimate of drug-likeness (QED) is 0.584. The summed E-state index contributed by atoms with van der Waals surface area (Å²) in [6.07, 6.45) is 0.308. The van der Waals surface area contributed by atoms with Gasteiger partial charge in [-0.3, -0.25) is 9.59 Å². The largest absolute Gasteiger partial charge is 0.383 e. The van der Waals surface area contributed by atoms with Crippen LogP contribution in [-0.4, -0.2) is 38.6 Å². The first-order valence-corrected chi connectivity index (χ1v) is 5.11. The Morgan fingerprint density at radius 1 is 1.20 bits per heavy atom. The van der Waals surface area contributed by atoms with E-state index in [0.717, 1.165) is 0 Å². The molecule has 0 aromatic rings. The van der Waals surface area contributed by atoms with Crippen LogP contribution in [0.4, 0.5) is 0 Å². The van der Waals surface area contributed by atoms with Crippen molar-refractivity contribution in [1.29, 1.82) is 0 Å². The fourth-order valence-corrected chi connectivity index (χ4v) is 0.884. The van der Waals surface area contributed by atoms with Crippen LogP contribution >= 0.6 is 0 Å². The van der Waals surface area contributed by atoms with E-state index in [9.17, 15) is 9.59 Å². The van der Waals surface area contributed by atoms with E-state index in [1.807, 2.05) is 13.8 Å². The number of hydrogen-bond acceptors (Lipinski definition) is 3. The van der Waals surface area contributed by atoms with Gasteiger partial charge in [0.2, 0.25) is 11.8 Å². The van der Waals surface area contributed by atoms with Crippen molar-refractivity contribution in [2.75, 3.05) is 26.8 Å². The minimum absolute atomic E-state index is 0.0281. The summed E-state index contributed by atoms with van der Waals surface area (Å²) in [6.45, 7) is 5.02. The van der Waals surface area contributed by atoms with E-state index in [1.165, 1.54) is 0 Å². The number of carbonyl (C=O) groups is 2. The molecule has 88 valence electrons. The molecule has 5 heteroatoms. The van der Waals surface area contributed by atoms with E-state index >= 15 is 0 Å². The summed E-state index contributed by atoms with van der Waals surface area (Å²) >= 11 is 0. The predicted octanol–water partition coefficient (Wildman–Crippen LogP) is -0.0887. The molecule has 0 saturated heterocycles. The van der Waals surface area contributed by atoms with Gasteiger partial charge in [-0.1, -0.05) is 13.8 Å². The molecule has 0 rings (SSSR count). The predicted molar refractivity (Wildman–Crippen MR) is 57.4 cm³/mol. The minimum Gasteiger partial charge on any atom is -0.383 e. The molecule has 2 N–H and O–H groups in total. The highest BCUT2D eigenvalue weighted by Crippen LogP contribution is 1.90. The molecule has 0 saturated carbocycles. The Balaban J connectivity index is 3.42. The smallest absolute Gasteiger partial charge is 0.222 e. The van der Waals surface area contributed by atoms with Gasteiger partial charge in [-0.2, -0.15) is 0 Å². The lowest BCUT2D eigenvalue weighted by atomic mass is 10.2. The van der Waals surface area contributed by atoms with Crippen LogP contribution in [0.3, 0.4) is 0 Å². The SMILES string of the molecule is COCCNC(=O)CCNC(=O)C(C)C. The summed E-state index contributed by atoms with van der Waals surface area (Å²) in [7, 11) is 1.58. The maximum Gasteiger partial charge on any atom is 0.222 e. The van der Waals surface area contributed by atoms with Crippen molar-refractivity contribution in [3.8, 4) is 0 Å². The van der Waals surface area contributed by atoms with Crippen LogP contribution in [0.5, 0.6) is 0 Å². The Hall–Kier alpha value is -1.10. The number of hydrogen-bond donors (Lipinski definition) is 2. The molecule has 0 spiro atoms. The molecule has 0 atom stereocenters.